The number of likely N-dealkylation sites (tertiary alicyclic amines) is 1. The Labute approximate surface area is 281 Å². The van der Waals surface area contributed by atoms with Gasteiger partial charge in [0.15, 0.2) is 0 Å². The van der Waals surface area contributed by atoms with Gasteiger partial charge in [0.2, 0.25) is 35.4 Å². The van der Waals surface area contributed by atoms with Crippen molar-refractivity contribution in [3.63, 3.8) is 0 Å². The van der Waals surface area contributed by atoms with Gasteiger partial charge in [-0.2, -0.15) is 0 Å². The van der Waals surface area contributed by atoms with E-state index in [1.807, 2.05) is 0 Å². The number of amides is 8. The largest absolute Gasteiger partial charge is 0.379 e. The van der Waals surface area contributed by atoms with Crippen molar-refractivity contribution in [2.45, 2.75) is 64.5 Å². The van der Waals surface area contributed by atoms with Gasteiger partial charge in [0, 0.05) is 52.4 Å². The van der Waals surface area contributed by atoms with Crippen molar-refractivity contribution < 1.29 is 52.5 Å². The summed E-state index contributed by atoms with van der Waals surface area (Å²) in [6.07, 6.45) is 1.18. The maximum Gasteiger partial charge on any atom is 0.312 e. The number of urea groups is 1. The molecule has 0 unspecified atom stereocenters. The molecule has 1 aliphatic rings. The van der Waals surface area contributed by atoms with Crippen LogP contribution in [0.1, 0.15) is 52.4 Å². The molecule has 0 bridgehead atoms. The fourth-order valence-electron chi connectivity index (χ4n) is 4.37. The van der Waals surface area contributed by atoms with Crippen molar-refractivity contribution >= 4 is 41.5 Å². The van der Waals surface area contributed by atoms with Crippen LogP contribution in [0.15, 0.2) is 0 Å². The summed E-state index contributed by atoms with van der Waals surface area (Å²) >= 11 is 0. The van der Waals surface area contributed by atoms with E-state index in [1.54, 1.807) is 13.8 Å². The number of likely N-dealkylation sites (N-methyl/N-ethyl adjacent to an activating group) is 1. The van der Waals surface area contributed by atoms with E-state index >= 15 is 0 Å². The molecule has 1 fully saturated rings. The maximum absolute atomic E-state index is 12.9. The molecule has 7 N–H and O–H groups in total. The summed E-state index contributed by atoms with van der Waals surface area (Å²) in [7, 11) is 1.45. The van der Waals surface area contributed by atoms with Gasteiger partial charge in [-0.25, -0.2) is 4.79 Å². The highest BCUT2D eigenvalue weighted by Gasteiger charge is 2.29. The van der Waals surface area contributed by atoms with Gasteiger partial charge >= 0.3 is 6.03 Å². The lowest BCUT2D eigenvalue weighted by Gasteiger charge is -2.25. The van der Waals surface area contributed by atoms with Crippen molar-refractivity contribution in [1.29, 1.82) is 0 Å². The summed E-state index contributed by atoms with van der Waals surface area (Å²) in [5, 5.41) is 13.0. The molecule has 2 atom stereocenters. The SMILES string of the molecule is CNC(=O)[C@H](CCCNC(N)=O)NC(=O)[C@@H](NC(=O)CCOCCOCCOCCOCCNC(=O)CCN1C(=O)CCC1=O)C(C)C. The van der Waals surface area contributed by atoms with Crippen LogP contribution in [0, 0.1) is 5.92 Å². The molecule has 1 aliphatic heterocycles. The minimum absolute atomic E-state index is 0.0293. The van der Waals surface area contributed by atoms with E-state index in [4.69, 9.17) is 24.7 Å². The summed E-state index contributed by atoms with van der Waals surface area (Å²) in [5.74, 6) is -2.25. The third-order valence-electron chi connectivity index (χ3n) is 6.99. The molecule has 48 heavy (non-hydrogen) atoms. The lowest BCUT2D eigenvalue weighted by atomic mass is 10.0. The minimum Gasteiger partial charge on any atom is -0.379 e. The second kappa shape index (κ2) is 25.2. The number of nitrogens with one attached hydrogen (secondary N) is 5. The van der Waals surface area contributed by atoms with Crippen LogP contribution in [0.25, 0.3) is 0 Å². The Morgan fingerprint density at radius 2 is 1.29 bits per heavy atom. The molecular formula is C30H53N7O11. The number of primary amides is 1. The third kappa shape index (κ3) is 19.1. The van der Waals surface area contributed by atoms with Gasteiger partial charge in [-0.15, -0.1) is 0 Å². The van der Waals surface area contributed by atoms with E-state index in [2.05, 4.69) is 26.6 Å². The summed E-state index contributed by atoms with van der Waals surface area (Å²) in [6.45, 7) is 6.56. The number of nitrogens with zero attached hydrogens (tertiary/aromatic N) is 1. The quantitative estimate of drug-likeness (QED) is 0.0404. The molecule has 274 valence electrons. The summed E-state index contributed by atoms with van der Waals surface area (Å²) < 4.78 is 21.7. The number of ether oxygens (including phenoxy) is 4. The summed E-state index contributed by atoms with van der Waals surface area (Å²) in [5.41, 5.74) is 5.04. The van der Waals surface area contributed by atoms with E-state index in [9.17, 15) is 33.6 Å². The molecule has 0 aromatic carbocycles. The van der Waals surface area contributed by atoms with Crippen LogP contribution in [-0.4, -0.2) is 138 Å². The van der Waals surface area contributed by atoms with Gasteiger partial charge in [-0.3, -0.25) is 33.7 Å². The molecule has 1 saturated heterocycles. The van der Waals surface area contributed by atoms with Gasteiger partial charge in [-0.1, -0.05) is 13.8 Å². The van der Waals surface area contributed by atoms with Crippen LogP contribution in [-0.2, 0) is 47.7 Å². The molecule has 18 nitrogen and oxygen atoms in total. The monoisotopic (exact) mass is 687 g/mol. The Balaban J connectivity index is 2.06. The van der Waals surface area contributed by atoms with Crippen molar-refractivity contribution in [1.82, 2.24) is 31.5 Å². The fourth-order valence-corrected chi connectivity index (χ4v) is 4.37. The van der Waals surface area contributed by atoms with Crippen molar-refractivity contribution in [3.05, 3.63) is 0 Å². The number of nitrogens with two attached hydrogens (primary N) is 1. The molecule has 18 heteroatoms. The molecule has 0 radical (unpaired) electrons. The molecule has 0 aromatic rings. The minimum atomic E-state index is -0.861. The van der Waals surface area contributed by atoms with Gasteiger partial charge in [-0.05, 0) is 18.8 Å². The van der Waals surface area contributed by atoms with Crippen molar-refractivity contribution in [2.75, 3.05) is 79.5 Å². The molecule has 1 heterocycles. The molecule has 0 aromatic heterocycles. The Hall–Kier alpha value is -3.87. The number of rotatable bonds is 27. The summed E-state index contributed by atoms with van der Waals surface area (Å²) in [4.78, 5) is 84.4. The molecule has 8 amide bonds. The third-order valence-corrected chi connectivity index (χ3v) is 6.99. The van der Waals surface area contributed by atoms with E-state index in [1.165, 1.54) is 7.05 Å². The Kier molecular flexibility index (Phi) is 22.1. The molecule has 1 rings (SSSR count). The first-order valence-corrected chi connectivity index (χ1v) is 16.2. The fraction of sp³-hybridized carbons (Fsp3) is 0.767. The van der Waals surface area contributed by atoms with E-state index in [0.717, 1.165) is 4.90 Å². The second-order valence-electron chi connectivity index (χ2n) is 11.1. The van der Waals surface area contributed by atoms with E-state index < -0.39 is 29.9 Å². The zero-order valence-electron chi connectivity index (χ0n) is 28.3. The first kappa shape index (κ1) is 42.2. The lowest BCUT2D eigenvalue weighted by molar-refractivity contribution is -0.138. The number of carbonyl (C=O) groups is 7. The summed E-state index contributed by atoms with van der Waals surface area (Å²) in [6, 6.07) is -2.38. The normalized spacial score (nSPS) is 14.0. The highest BCUT2D eigenvalue weighted by atomic mass is 16.6. The molecule has 0 aliphatic carbocycles. The highest BCUT2D eigenvalue weighted by molar-refractivity contribution is 6.02. The van der Waals surface area contributed by atoms with Gasteiger partial charge in [0.1, 0.15) is 12.1 Å². The molecule has 0 saturated carbocycles. The zero-order chi connectivity index (χ0) is 35.7. The molecular weight excluding hydrogens is 634 g/mol. The zero-order valence-corrected chi connectivity index (χ0v) is 28.3. The van der Waals surface area contributed by atoms with Crippen LogP contribution in [0.5, 0.6) is 0 Å². The smallest absolute Gasteiger partial charge is 0.312 e. The van der Waals surface area contributed by atoms with Gasteiger partial charge in [0.25, 0.3) is 0 Å². The first-order chi connectivity index (χ1) is 23.0. The lowest BCUT2D eigenvalue weighted by Crippen LogP contribution is -2.55. The van der Waals surface area contributed by atoms with Crippen LogP contribution in [0.4, 0.5) is 4.79 Å². The number of hydrogen-bond acceptors (Lipinski definition) is 11. The predicted octanol–water partition coefficient (Wildman–Crippen LogP) is -2.08. The molecule has 0 spiro atoms. The average Bonchev–Trinajstić information content (AvgIpc) is 3.37. The van der Waals surface area contributed by atoms with Crippen LogP contribution in [0.3, 0.4) is 0 Å². The van der Waals surface area contributed by atoms with Crippen molar-refractivity contribution in [3.8, 4) is 0 Å². The first-order valence-electron chi connectivity index (χ1n) is 16.2. The number of imide groups is 1. The van der Waals surface area contributed by atoms with Crippen LogP contribution >= 0.6 is 0 Å². The van der Waals surface area contributed by atoms with Gasteiger partial charge < -0.3 is 51.3 Å². The topological polar surface area (TPSA) is 246 Å². The van der Waals surface area contributed by atoms with E-state index in [-0.39, 0.29) is 88.0 Å². The van der Waals surface area contributed by atoms with Crippen LogP contribution < -0.4 is 32.3 Å². The van der Waals surface area contributed by atoms with Gasteiger partial charge in [0.05, 0.1) is 52.9 Å². The van der Waals surface area contributed by atoms with Crippen LogP contribution in [0.2, 0.25) is 0 Å². The second-order valence-corrected chi connectivity index (χ2v) is 11.1. The average molecular weight is 688 g/mol. The standard InChI is InChI=1S/C30H53N7O11/c1-21(2)27(29(43)35-22(28(42)32-3)5-4-10-34-30(31)44)36-24(39)9-13-45-15-17-47-19-20-48-18-16-46-14-11-33-23(38)8-12-37-25(40)6-7-26(37)41/h21-22,27H,4-20H2,1-3H3,(H,32,42)(H,33,38)(H,35,43)(H,36,39)(H3,31,34,44)/t22-,27-/m0/s1. The predicted molar refractivity (Wildman–Crippen MR) is 171 cm³/mol. The van der Waals surface area contributed by atoms with Crippen molar-refractivity contribution in [2.24, 2.45) is 11.7 Å². The Bertz CT molecular complexity index is 1030. The Morgan fingerprint density at radius 3 is 1.83 bits per heavy atom. The number of carbonyl (C=O) groups excluding carboxylic acids is 7. The Morgan fingerprint density at radius 1 is 0.729 bits per heavy atom. The highest BCUT2D eigenvalue weighted by Crippen LogP contribution is 2.11. The maximum atomic E-state index is 12.9. The number of hydrogen-bond donors (Lipinski definition) is 6. The van der Waals surface area contributed by atoms with E-state index in [0.29, 0.717) is 52.6 Å².